The largest absolute Gasteiger partial charge is 0.348 e. The van der Waals surface area contributed by atoms with Crippen LogP contribution in [-0.4, -0.2) is 20.7 Å². The lowest BCUT2D eigenvalue weighted by atomic mass is 10.1. The van der Waals surface area contributed by atoms with Crippen LogP contribution in [0.5, 0.6) is 0 Å². The van der Waals surface area contributed by atoms with Crippen molar-refractivity contribution >= 4 is 17.2 Å². The molecule has 1 amide bonds. The van der Waals surface area contributed by atoms with Crippen molar-refractivity contribution < 1.29 is 4.79 Å². The minimum atomic E-state index is -0.0719. The van der Waals surface area contributed by atoms with Crippen molar-refractivity contribution in [2.24, 2.45) is 0 Å². The number of nitrogens with one attached hydrogen (secondary N) is 1. The van der Waals surface area contributed by atoms with E-state index < -0.39 is 0 Å². The van der Waals surface area contributed by atoms with E-state index in [0.29, 0.717) is 6.42 Å². The van der Waals surface area contributed by atoms with Crippen molar-refractivity contribution in [2.75, 3.05) is 0 Å². The van der Waals surface area contributed by atoms with Gasteiger partial charge in [-0.05, 0) is 37.1 Å². The highest BCUT2D eigenvalue weighted by Gasteiger charge is 2.13. The first kappa shape index (κ1) is 16.4. The summed E-state index contributed by atoms with van der Waals surface area (Å²) in [6.07, 6.45) is 4.91. The first-order valence-electron chi connectivity index (χ1n) is 7.98. The monoisotopic (exact) mass is 340 g/mol. The number of nitrogens with zero attached hydrogens (tertiary/aromatic N) is 3. The van der Waals surface area contributed by atoms with Gasteiger partial charge in [0.15, 0.2) is 0 Å². The number of aromatic nitrogens is 3. The summed E-state index contributed by atoms with van der Waals surface area (Å²) in [5, 5.41) is 10.3. The molecule has 0 aliphatic rings. The Labute approximate surface area is 145 Å². The lowest BCUT2D eigenvalue weighted by Gasteiger charge is -2.12. The maximum absolute atomic E-state index is 12.2. The summed E-state index contributed by atoms with van der Waals surface area (Å²) in [6.45, 7) is 4.05. The van der Waals surface area contributed by atoms with Crippen LogP contribution in [0.4, 0.5) is 0 Å². The van der Waals surface area contributed by atoms with Crippen molar-refractivity contribution in [3.05, 3.63) is 64.4 Å². The highest BCUT2D eigenvalue weighted by molar-refractivity contribution is 7.09. The molecule has 6 heteroatoms. The first-order valence-corrected chi connectivity index (χ1v) is 8.86. The second-order valence-electron chi connectivity index (χ2n) is 5.60. The summed E-state index contributed by atoms with van der Waals surface area (Å²) in [6, 6.07) is 9.65. The number of amides is 1. The van der Waals surface area contributed by atoms with E-state index in [1.807, 2.05) is 48.8 Å². The molecule has 3 aromatic rings. The van der Waals surface area contributed by atoms with Gasteiger partial charge in [-0.15, -0.1) is 11.3 Å². The molecule has 0 radical (unpaired) electrons. The van der Waals surface area contributed by atoms with E-state index in [-0.39, 0.29) is 11.9 Å². The van der Waals surface area contributed by atoms with E-state index in [4.69, 9.17) is 0 Å². The molecular weight excluding hydrogens is 320 g/mol. The van der Waals surface area contributed by atoms with Gasteiger partial charge in [-0.3, -0.25) is 4.79 Å². The zero-order valence-corrected chi connectivity index (χ0v) is 14.6. The first-order chi connectivity index (χ1) is 11.7. The number of carbonyl (C=O) groups excluding carboxylic acids is 1. The molecule has 2 aromatic heterocycles. The van der Waals surface area contributed by atoms with Crippen molar-refractivity contribution in [3.8, 4) is 5.69 Å². The molecule has 0 saturated heterocycles. The SMILES string of the molecule is CCc1nc(C(C)NC(=O)Cc2ccc(-n3cccn3)cc2)cs1. The average Bonchev–Trinajstić information content (AvgIpc) is 3.27. The number of benzene rings is 1. The zero-order chi connectivity index (χ0) is 16.9. The summed E-state index contributed by atoms with van der Waals surface area (Å²) in [7, 11) is 0. The standard InChI is InChI=1S/C18H20N4OS/c1-3-18-21-16(12-24-18)13(2)20-17(23)11-14-5-7-15(8-6-14)22-10-4-9-19-22/h4-10,12-13H,3,11H2,1-2H3,(H,20,23). The van der Waals surface area contributed by atoms with Gasteiger partial charge >= 0.3 is 0 Å². The Bertz CT molecular complexity index is 793. The predicted molar refractivity (Wildman–Crippen MR) is 95.3 cm³/mol. The highest BCUT2D eigenvalue weighted by Crippen LogP contribution is 2.17. The molecule has 0 spiro atoms. The minimum Gasteiger partial charge on any atom is -0.348 e. The Morgan fingerprint density at radius 3 is 2.75 bits per heavy atom. The van der Waals surface area contributed by atoms with Gasteiger partial charge in [0.2, 0.25) is 5.91 Å². The van der Waals surface area contributed by atoms with E-state index in [1.165, 1.54) is 0 Å². The van der Waals surface area contributed by atoms with Crippen LogP contribution in [-0.2, 0) is 17.6 Å². The maximum Gasteiger partial charge on any atom is 0.224 e. The molecule has 0 aliphatic carbocycles. The Hall–Kier alpha value is -2.47. The van der Waals surface area contributed by atoms with E-state index in [1.54, 1.807) is 22.2 Å². The predicted octanol–water partition coefficient (Wildman–Crippen LogP) is 3.31. The average molecular weight is 340 g/mol. The Morgan fingerprint density at radius 1 is 1.33 bits per heavy atom. The Kier molecular flexibility index (Phi) is 5.05. The third-order valence-corrected chi connectivity index (χ3v) is 4.77. The molecular formula is C18H20N4OS. The number of carbonyl (C=O) groups is 1. The Balaban J connectivity index is 1.58. The van der Waals surface area contributed by atoms with Crippen LogP contribution in [0.3, 0.4) is 0 Å². The normalized spacial score (nSPS) is 12.1. The minimum absolute atomic E-state index is 0.000359. The molecule has 0 aliphatic heterocycles. The summed E-state index contributed by atoms with van der Waals surface area (Å²) in [5.41, 5.74) is 2.88. The van der Waals surface area contributed by atoms with E-state index in [2.05, 4.69) is 22.3 Å². The molecule has 1 aromatic carbocycles. The van der Waals surface area contributed by atoms with E-state index in [9.17, 15) is 4.79 Å². The van der Waals surface area contributed by atoms with Crippen LogP contribution in [0, 0.1) is 0 Å². The van der Waals surface area contributed by atoms with Gasteiger partial charge in [-0.25, -0.2) is 9.67 Å². The maximum atomic E-state index is 12.2. The molecule has 3 rings (SSSR count). The lowest BCUT2D eigenvalue weighted by Crippen LogP contribution is -2.28. The van der Waals surface area contributed by atoms with Gasteiger partial charge in [0.25, 0.3) is 0 Å². The molecule has 5 nitrogen and oxygen atoms in total. The molecule has 0 bridgehead atoms. The molecule has 2 heterocycles. The summed E-state index contributed by atoms with van der Waals surface area (Å²) in [4.78, 5) is 16.8. The van der Waals surface area contributed by atoms with Crippen LogP contribution in [0.15, 0.2) is 48.1 Å². The number of hydrogen-bond donors (Lipinski definition) is 1. The van der Waals surface area contributed by atoms with Crippen LogP contribution in [0.1, 0.15) is 36.2 Å². The molecule has 124 valence electrons. The topological polar surface area (TPSA) is 59.8 Å². The quantitative estimate of drug-likeness (QED) is 0.749. The molecule has 0 saturated carbocycles. The van der Waals surface area contributed by atoms with Crippen molar-refractivity contribution in [2.45, 2.75) is 32.7 Å². The fourth-order valence-corrected chi connectivity index (χ4v) is 3.26. The lowest BCUT2D eigenvalue weighted by molar-refractivity contribution is -0.121. The highest BCUT2D eigenvalue weighted by atomic mass is 32.1. The van der Waals surface area contributed by atoms with Crippen molar-refractivity contribution in [1.82, 2.24) is 20.1 Å². The second-order valence-corrected chi connectivity index (χ2v) is 6.55. The van der Waals surface area contributed by atoms with Gasteiger partial charge in [0, 0.05) is 17.8 Å². The summed E-state index contributed by atoms with van der Waals surface area (Å²) in [5.74, 6) is 0.000359. The van der Waals surface area contributed by atoms with Crippen LogP contribution in [0.25, 0.3) is 5.69 Å². The summed E-state index contributed by atoms with van der Waals surface area (Å²) >= 11 is 1.64. The number of thiazole rings is 1. The van der Waals surface area contributed by atoms with Crippen molar-refractivity contribution in [3.63, 3.8) is 0 Å². The van der Waals surface area contributed by atoms with Crippen molar-refractivity contribution in [1.29, 1.82) is 0 Å². The van der Waals surface area contributed by atoms with Crippen LogP contribution >= 0.6 is 11.3 Å². The number of rotatable bonds is 6. The molecule has 0 fully saturated rings. The van der Waals surface area contributed by atoms with E-state index >= 15 is 0 Å². The Morgan fingerprint density at radius 2 is 2.12 bits per heavy atom. The molecule has 24 heavy (non-hydrogen) atoms. The van der Waals surface area contributed by atoms with Crippen LogP contribution < -0.4 is 5.32 Å². The van der Waals surface area contributed by atoms with Gasteiger partial charge in [0.05, 0.1) is 28.9 Å². The van der Waals surface area contributed by atoms with Gasteiger partial charge in [-0.2, -0.15) is 5.10 Å². The van der Waals surface area contributed by atoms with Gasteiger partial charge < -0.3 is 5.32 Å². The number of hydrogen-bond acceptors (Lipinski definition) is 4. The molecule has 1 N–H and O–H groups in total. The summed E-state index contributed by atoms with van der Waals surface area (Å²) < 4.78 is 1.79. The molecule has 1 atom stereocenters. The zero-order valence-electron chi connectivity index (χ0n) is 13.8. The smallest absolute Gasteiger partial charge is 0.224 e. The fraction of sp³-hybridized carbons (Fsp3) is 0.278. The third kappa shape index (κ3) is 3.89. The third-order valence-electron chi connectivity index (χ3n) is 3.76. The van der Waals surface area contributed by atoms with Gasteiger partial charge in [0.1, 0.15) is 0 Å². The van der Waals surface area contributed by atoms with Crippen LogP contribution in [0.2, 0.25) is 0 Å². The molecule has 1 unspecified atom stereocenters. The van der Waals surface area contributed by atoms with E-state index in [0.717, 1.165) is 28.4 Å². The fourth-order valence-electron chi connectivity index (χ4n) is 2.43. The van der Waals surface area contributed by atoms with Gasteiger partial charge in [-0.1, -0.05) is 19.1 Å². The number of aryl methyl sites for hydroxylation is 1. The second kappa shape index (κ2) is 7.40.